The molecule has 3 rings (SSSR count). The van der Waals surface area contributed by atoms with E-state index in [4.69, 9.17) is 27.9 Å². The molecule has 0 fully saturated rings. The molecule has 0 amide bonds. The molecular weight excluding hydrogens is 369 g/mol. The maximum atomic E-state index is 12.5. The van der Waals surface area contributed by atoms with Gasteiger partial charge in [0.2, 0.25) is 0 Å². The lowest BCUT2D eigenvalue weighted by Gasteiger charge is -2.10. The number of aromatic nitrogens is 2. The molecule has 0 unspecified atom stereocenters. The quantitative estimate of drug-likeness (QED) is 0.498. The number of non-ortho nitro benzene ring substituents is 1. The summed E-state index contributed by atoms with van der Waals surface area (Å²) in [6.45, 7) is 0.357. The molecule has 9 heteroatoms. The number of nitrogens with zero attached hydrogens (tertiary/aromatic N) is 3. The third kappa shape index (κ3) is 3.72. The predicted octanol–water partition coefficient (Wildman–Crippen LogP) is 3.69. The number of nitro groups is 1. The lowest BCUT2D eigenvalue weighted by Crippen LogP contribution is -2.23. The molecule has 2 aromatic carbocycles. The van der Waals surface area contributed by atoms with E-state index in [0.717, 1.165) is 0 Å². The molecule has 0 saturated heterocycles. The minimum atomic E-state index is -0.555. The third-order valence-electron chi connectivity index (χ3n) is 3.50. The molecule has 128 valence electrons. The molecule has 0 aliphatic rings. The Morgan fingerprint density at radius 1 is 1.20 bits per heavy atom. The fourth-order valence-electron chi connectivity index (χ4n) is 2.26. The first-order valence-corrected chi connectivity index (χ1v) is 7.93. The van der Waals surface area contributed by atoms with E-state index in [1.54, 1.807) is 18.2 Å². The van der Waals surface area contributed by atoms with Gasteiger partial charge >= 0.3 is 0 Å². The van der Waals surface area contributed by atoms with Crippen LogP contribution in [0.4, 0.5) is 5.69 Å². The van der Waals surface area contributed by atoms with E-state index >= 15 is 0 Å². The normalized spacial score (nSPS) is 10.8. The lowest BCUT2D eigenvalue weighted by atomic mass is 10.2. The van der Waals surface area contributed by atoms with Crippen molar-refractivity contribution in [3.8, 4) is 5.75 Å². The maximum absolute atomic E-state index is 12.5. The third-order valence-corrected chi connectivity index (χ3v) is 4.05. The summed E-state index contributed by atoms with van der Waals surface area (Å²) >= 11 is 11.9. The number of fused-ring (bicyclic) bond motifs is 1. The van der Waals surface area contributed by atoms with Crippen LogP contribution >= 0.6 is 23.2 Å². The van der Waals surface area contributed by atoms with E-state index in [9.17, 15) is 14.9 Å². The Kier molecular flexibility index (Phi) is 4.87. The fraction of sp³-hybridized carbons (Fsp3) is 0.125. The van der Waals surface area contributed by atoms with Gasteiger partial charge in [0.15, 0.2) is 0 Å². The van der Waals surface area contributed by atoms with Gasteiger partial charge in [-0.3, -0.25) is 19.5 Å². The van der Waals surface area contributed by atoms with Crippen molar-refractivity contribution in [2.45, 2.75) is 6.54 Å². The van der Waals surface area contributed by atoms with E-state index in [-0.39, 0.29) is 29.8 Å². The molecule has 0 aliphatic heterocycles. The van der Waals surface area contributed by atoms with Gasteiger partial charge in [-0.25, -0.2) is 4.98 Å². The number of benzene rings is 2. The van der Waals surface area contributed by atoms with Crippen LogP contribution in [0.3, 0.4) is 0 Å². The standard InChI is InChI=1S/C16H11Cl2N3O4/c17-10-1-3-13(18)15(7-10)25-6-5-20-9-19-14-4-2-11(21(23)24)8-12(14)16(20)22/h1-4,7-9H,5-6H2. The number of hydrogen-bond donors (Lipinski definition) is 0. The van der Waals surface area contributed by atoms with Crippen molar-refractivity contribution in [2.24, 2.45) is 0 Å². The van der Waals surface area contributed by atoms with Crippen LogP contribution in [0.5, 0.6) is 5.75 Å². The van der Waals surface area contributed by atoms with Crippen molar-refractivity contribution in [2.75, 3.05) is 6.61 Å². The van der Waals surface area contributed by atoms with E-state index in [2.05, 4.69) is 4.98 Å². The smallest absolute Gasteiger partial charge is 0.270 e. The molecule has 7 nitrogen and oxygen atoms in total. The van der Waals surface area contributed by atoms with Crippen molar-refractivity contribution in [3.63, 3.8) is 0 Å². The maximum Gasteiger partial charge on any atom is 0.270 e. The van der Waals surface area contributed by atoms with E-state index < -0.39 is 4.92 Å². The molecule has 0 radical (unpaired) electrons. The second-order valence-corrected chi connectivity index (χ2v) is 5.97. The summed E-state index contributed by atoms with van der Waals surface area (Å²) in [4.78, 5) is 26.9. The second kappa shape index (κ2) is 7.08. The van der Waals surface area contributed by atoms with Crippen molar-refractivity contribution in [3.05, 3.63) is 73.2 Å². The average molecular weight is 380 g/mol. The van der Waals surface area contributed by atoms with Crippen LogP contribution in [0.1, 0.15) is 0 Å². The summed E-state index contributed by atoms with van der Waals surface area (Å²) in [5.41, 5.74) is -0.147. The Bertz CT molecular complexity index is 1020. The number of hydrogen-bond acceptors (Lipinski definition) is 5. The first-order chi connectivity index (χ1) is 12.0. The van der Waals surface area contributed by atoms with Crippen molar-refractivity contribution >= 4 is 39.8 Å². The zero-order valence-corrected chi connectivity index (χ0v) is 14.2. The molecule has 0 atom stereocenters. The Balaban J connectivity index is 1.82. The number of nitro benzene ring substituents is 1. The molecule has 0 N–H and O–H groups in total. The number of ether oxygens (including phenoxy) is 1. The summed E-state index contributed by atoms with van der Waals surface area (Å²) in [6, 6.07) is 8.80. The number of rotatable bonds is 5. The fourth-order valence-corrected chi connectivity index (χ4v) is 2.60. The minimum Gasteiger partial charge on any atom is -0.490 e. The van der Waals surface area contributed by atoms with Crippen molar-refractivity contribution in [1.29, 1.82) is 0 Å². The highest BCUT2D eigenvalue weighted by molar-refractivity contribution is 6.34. The second-order valence-electron chi connectivity index (χ2n) is 5.12. The zero-order chi connectivity index (χ0) is 18.0. The van der Waals surface area contributed by atoms with Crippen LogP contribution in [0.2, 0.25) is 10.0 Å². The Morgan fingerprint density at radius 2 is 2.00 bits per heavy atom. The largest absolute Gasteiger partial charge is 0.490 e. The average Bonchev–Trinajstić information content (AvgIpc) is 2.59. The molecule has 1 heterocycles. The van der Waals surface area contributed by atoms with Crippen LogP contribution in [0, 0.1) is 10.1 Å². The topological polar surface area (TPSA) is 87.3 Å². The van der Waals surface area contributed by atoms with Gasteiger partial charge in [0.25, 0.3) is 11.2 Å². The lowest BCUT2D eigenvalue weighted by molar-refractivity contribution is -0.384. The van der Waals surface area contributed by atoms with E-state index in [1.165, 1.54) is 29.1 Å². The summed E-state index contributed by atoms with van der Waals surface area (Å²) in [5, 5.41) is 11.9. The molecule has 3 aromatic rings. The van der Waals surface area contributed by atoms with Gasteiger partial charge < -0.3 is 4.74 Å². The highest BCUT2D eigenvalue weighted by atomic mass is 35.5. The highest BCUT2D eigenvalue weighted by Crippen LogP contribution is 2.27. The van der Waals surface area contributed by atoms with Gasteiger partial charge in [-0.05, 0) is 18.2 Å². The Morgan fingerprint density at radius 3 is 2.76 bits per heavy atom. The summed E-state index contributed by atoms with van der Waals surface area (Å²) in [5.74, 6) is 0.409. The molecule has 0 aliphatic carbocycles. The van der Waals surface area contributed by atoms with Crippen LogP contribution in [-0.4, -0.2) is 21.1 Å². The van der Waals surface area contributed by atoms with Crippen LogP contribution in [-0.2, 0) is 6.54 Å². The highest BCUT2D eigenvalue weighted by Gasteiger charge is 2.11. The Hall–Kier alpha value is -2.64. The van der Waals surface area contributed by atoms with Gasteiger partial charge in [-0.15, -0.1) is 0 Å². The van der Waals surface area contributed by atoms with Crippen LogP contribution in [0.25, 0.3) is 10.9 Å². The van der Waals surface area contributed by atoms with Gasteiger partial charge in [-0.2, -0.15) is 0 Å². The molecular formula is C16H11Cl2N3O4. The van der Waals surface area contributed by atoms with Gasteiger partial charge in [0.1, 0.15) is 12.4 Å². The molecule has 1 aromatic heterocycles. The summed E-state index contributed by atoms with van der Waals surface area (Å²) < 4.78 is 6.86. The van der Waals surface area contributed by atoms with Crippen LogP contribution in [0.15, 0.2) is 47.5 Å². The van der Waals surface area contributed by atoms with Crippen molar-refractivity contribution < 1.29 is 9.66 Å². The van der Waals surface area contributed by atoms with Gasteiger partial charge in [-0.1, -0.05) is 23.2 Å². The minimum absolute atomic E-state index is 0.155. The molecule has 0 saturated carbocycles. The SMILES string of the molecule is O=c1c2cc([N+](=O)[O-])ccc2ncn1CCOc1cc(Cl)ccc1Cl. The van der Waals surface area contributed by atoms with Gasteiger partial charge in [0.05, 0.1) is 33.7 Å². The number of halogens is 2. The molecule has 25 heavy (non-hydrogen) atoms. The molecule has 0 bridgehead atoms. The first kappa shape index (κ1) is 17.2. The molecule has 0 spiro atoms. The zero-order valence-electron chi connectivity index (χ0n) is 12.7. The first-order valence-electron chi connectivity index (χ1n) is 7.17. The summed E-state index contributed by atoms with van der Waals surface area (Å²) in [7, 11) is 0. The monoisotopic (exact) mass is 379 g/mol. The Labute approximate surface area is 151 Å². The van der Waals surface area contributed by atoms with Gasteiger partial charge in [0, 0.05) is 23.2 Å². The van der Waals surface area contributed by atoms with Crippen LogP contribution < -0.4 is 10.3 Å². The van der Waals surface area contributed by atoms with E-state index in [1.807, 2.05) is 0 Å². The van der Waals surface area contributed by atoms with E-state index in [0.29, 0.717) is 21.3 Å². The summed E-state index contributed by atoms with van der Waals surface area (Å²) in [6.07, 6.45) is 1.37. The predicted molar refractivity (Wildman–Crippen MR) is 94.6 cm³/mol. The van der Waals surface area contributed by atoms with Crippen molar-refractivity contribution in [1.82, 2.24) is 9.55 Å².